The average Bonchev–Trinajstić information content (AvgIpc) is 2.30. The van der Waals surface area contributed by atoms with E-state index in [0.717, 1.165) is 44.7 Å². The average molecular weight is 220 g/mol. The van der Waals surface area contributed by atoms with E-state index in [1.807, 2.05) is 0 Å². The first-order valence-corrected chi connectivity index (χ1v) is 5.98. The molecule has 1 aromatic carbocycles. The van der Waals surface area contributed by atoms with Crippen molar-refractivity contribution in [3.8, 4) is 5.75 Å². The molecular formula is C13H20N2O. The largest absolute Gasteiger partial charge is 0.490 e. The summed E-state index contributed by atoms with van der Waals surface area (Å²) >= 11 is 0. The Hall–Kier alpha value is -1.22. The molecule has 1 aromatic rings. The van der Waals surface area contributed by atoms with Crippen LogP contribution in [-0.4, -0.2) is 26.7 Å². The molecule has 0 aromatic heterocycles. The van der Waals surface area contributed by atoms with Crippen LogP contribution in [0.1, 0.15) is 18.4 Å². The molecule has 0 radical (unpaired) electrons. The fraction of sp³-hybridized carbons (Fsp3) is 0.538. The molecule has 0 saturated heterocycles. The molecular weight excluding hydrogens is 200 g/mol. The van der Waals surface area contributed by atoms with Gasteiger partial charge in [-0.15, -0.1) is 0 Å². The smallest absolute Gasteiger partial charge is 0.142 e. The van der Waals surface area contributed by atoms with Crippen LogP contribution in [-0.2, 0) is 6.42 Å². The monoisotopic (exact) mass is 220 g/mol. The minimum absolute atomic E-state index is 0.782. The number of rotatable bonds is 4. The molecule has 16 heavy (non-hydrogen) atoms. The molecule has 0 atom stereocenters. The van der Waals surface area contributed by atoms with Gasteiger partial charge in [0.1, 0.15) is 12.4 Å². The summed E-state index contributed by atoms with van der Waals surface area (Å²) in [4.78, 5) is 2.24. The lowest BCUT2D eigenvalue weighted by atomic mass is 10.1. The van der Waals surface area contributed by atoms with Gasteiger partial charge in [-0.3, -0.25) is 0 Å². The molecule has 0 unspecified atom stereocenters. The van der Waals surface area contributed by atoms with E-state index in [-0.39, 0.29) is 0 Å². The van der Waals surface area contributed by atoms with Gasteiger partial charge in [-0.1, -0.05) is 6.07 Å². The van der Waals surface area contributed by atoms with Gasteiger partial charge in [-0.05, 0) is 43.5 Å². The molecule has 2 N–H and O–H groups in total. The number of aryl methyl sites for hydroxylation is 1. The summed E-state index contributed by atoms with van der Waals surface area (Å²) < 4.78 is 5.67. The predicted octanol–water partition coefficient (Wildman–Crippen LogP) is 1.80. The van der Waals surface area contributed by atoms with Crippen molar-refractivity contribution in [1.82, 2.24) is 0 Å². The van der Waals surface area contributed by atoms with Crippen molar-refractivity contribution < 1.29 is 4.74 Å². The molecule has 88 valence electrons. The fourth-order valence-electron chi connectivity index (χ4n) is 2.03. The van der Waals surface area contributed by atoms with Crippen LogP contribution in [0.5, 0.6) is 5.75 Å². The number of hydrogen-bond acceptors (Lipinski definition) is 3. The van der Waals surface area contributed by atoms with Crippen LogP contribution >= 0.6 is 0 Å². The Bertz CT molecular complexity index is 352. The van der Waals surface area contributed by atoms with E-state index in [4.69, 9.17) is 10.5 Å². The van der Waals surface area contributed by atoms with Crippen LogP contribution < -0.4 is 15.4 Å². The standard InChI is InChI=1S/C13H20N2O/c1-15-8-9-16-13-10-11(4-2-3-7-14)5-6-12(13)15/h5-6,10H,2-4,7-9,14H2,1H3. The van der Waals surface area contributed by atoms with Gasteiger partial charge < -0.3 is 15.4 Å². The number of nitrogens with two attached hydrogens (primary N) is 1. The van der Waals surface area contributed by atoms with Crippen LogP contribution in [0.3, 0.4) is 0 Å². The van der Waals surface area contributed by atoms with E-state index >= 15 is 0 Å². The fourth-order valence-corrected chi connectivity index (χ4v) is 2.03. The number of anilines is 1. The third-order valence-electron chi connectivity index (χ3n) is 3.04. The molecule has 3 nitrogen and oxygen atoms in total. The molecule has 0 spiro atoms. The first-order valence-electron chi connectivity index (χ1n) is 5.98. The zero-order valence-corrected chi connectivity index (χ0v) is 9.91. The van der Waals surface area contributed by atoms with E-state index in [1.54, 1.807) is 0 Å². The van der Waals surface area contributed by atoms with Crippen LogP contribution in [0.15, 0.2) is 18.2 Å². The summed E-state index contributed by atoms with van der Waals surface area (Å²) in [6, 6.07) is 6.52. The molecule has 0 fully saturated rings. The Balaban J connectivity index is 2.06. The quantitative estimate of drug-likeness (QED) is 0.786. The van der Waals surface area contributed by atoms with Gasteiger partial charge in [0.15, 0.2) is 0 Å². The number of fused-ring (bicyclic) bond motifs is 1. The highest BCUT2D eigenvalue weighted by Gasteiger charge is 2.14. The van der Waals surface area contributed by atoms with Crippen molar-refractivity contribution in [3.05, 3.63) is 23.8 Å². The number of ether oxygens (including phenoxy) is 1. The SMILES string of the molecule is CN1CCOc2cc(CCCCN)ccc21. The highest BCUT2D eigenvalue weighted by molar-refractivity contribution is 5.60. The van der Waals surface area contributed by atoms with E-state index in [9.17, 15) is 0 Å². The minimum Gasteiger partial charge on any atom is -0.490 e. The molecule has 0 saturated carbocycles. The second-order valence-electron chi connectivity index (χ2n) is 4.32. The lowest BCUT2D eigenvalue weighted by Gasteiger charge is -2.28. The van der Waals surface area contributed by atoms with Crippen molar-refractivity contribution in [2.75, 3.05) is 31.6 Å². The maximum Gasteiger partial charge on any atom is 0.142 e. The maximum atomic E-state index is 5.67. The summed E-state index contributed by atoms with van der Waals surface area (Å²) in [5.41, 5.74) is 8.04. The van der Waals surface area contributed by atoms with Crippen molar-refractivity contribution in [2.45, 2.75) is 19.3 Å². The predicted molar refractivity (Wildman–Crippen MR) is 67.2 cm³/mol. The van der Waals surface area contributed by atoms with Crippen LogP contribution in [0, 0.1) is 0 Å². The van der Waals surface area contributed by atoms with E-state index in [0.29, 0.717) is 0 Å². The number of nitrogens with zero attached hydrogens (tertiary/aromatic N) is 1. The van der Waals surface area contributed by atoms with E-state index < -0.39 is 0 Å². The molecule has 1 aliphatic rings. The normalized spacial score (nSPS) is 14.5. The van der Waals surface area contributed by atoms with Gasteiger partial charge in [0.2, 0.25) is 0 Å². The summed E-state index contributed by atoms with van der Waals surface area (Å²) in [6.45, 7) is 2.54. The van der Waals surface area contributed by atoms with Crippen molar-refractivity contribution >= 4 is 5.69 Å². The van der Waals surface area contributed by atoms with Crippen molar-refractivity contribution in [3.63, 3.8) is 0 Å². The lowest BCUT2D eigenvalue weighted by molar-refractivity contribution is 0.311. The maximum absolute atomic E-state index is 5.67. The molecule has 0 amide bonds. The lowest BCUT2D eigenvalue weighted by Crippen LogP contribution is -2.28. The molecule has 0 aliphatic carbocycles. The highest BCUT2D eigenvalue weighted by atomic mass is 16.5. The van der Waals surface area contributed by atoms with E-state index in [2.05, 4.69) is 30.1 Å². The highest BCUT2D eigenvalue weighted by Crippen LogP contribution is 2.31. The summed E-state index contributed by atoms with van der Waals surface area (Å²) in [5, 5.41) is 0. The molecule has 2 rings (SSSR count). The molecule has 0 bridgehead atoms. The third-order valence-corrected chi connectivity index (χ3v) is 3.04. The van der Waals surface area contributed by atoms with Gasteiger partial charge in [-0.2, -0.15) is 0 Å². The topological polar surface area (TPSA) is 38.5 Å². The van der Waals surface area contributed by atoms with Crippen molar-refractivity contribution in [1.29, 1.82) is 0 Å². The third kappa shape index (κ3) is 2.47. The van der Waals surface area contributed by atoms with Gasteiger partial charge in [0.25, 0.3) is 0 Å². The number of hydrogen-bond donors (Lipinski definition) is 1. The Kier molecular flexibility index (Phi) is 3.67. The van der Waals surface area contributed by atoms with E-state index in [1.165, 1.54) is 11.3 Å². The number of likely N-dealkylation sites (N-methyl/N-ethyl adjacent to an activating group) is 1. The van der Waals surface area contributed by atoms with Gasteiger partial charge in [0, 0.05) is 7.05 Å². The zero-order chi connectivity index (χ0) is 11.4. The minimum atomic E-state index is 0.782. The Morgan fingerprint density at radius 3 is 3.06 bits per heavy atom. The van der Waals surface area contributed by atoms with Crippen LogP contribution in [0.2, 0.25) is 0 Å². The molecule has 1 heterocycles. The Morgan fingerprint density at radius 2 is 2.25 bits per heavy atom. The molecule has 3 heteroatoms. The summed E-state index contributed by atoms with van der Waals surface area (Å²) in [7, 11) is 2.11. The van der Waals surface area contributed by atoms with Crippen molar-refractivity contribution in [2.24, 2.45) is 5.73 Å². The summed E-state index contributed by atoms with van der Waals surface area (Å²) in [6.07, 6.45) is 3.35. The number of benzene rings is 1. The Morgan fingerprint density at radius 1 is 1.38 bits per heavy atom. The zero-order valence-electron chi connectivity index (χ0n) is 9.91. The van der Waals surface area contributed by atoms with Gasteiger partial charge in [-0.25, -0.2) is 0 Å². The second-order valence-corrected chi connectivity index (χ2v) is 4.32. The van der Waals surface area contributed by atoms with Gasteiger partial charge in [0.05, 0.1) is 12.2 Å². The second kappa shape index (κ2) is 5.21. The number of unbranched alkanes of at least 4 members (excludes halogenated alkanes) is 1. The summed E-state index contributed by atoms with van der Waals surface area (Å²) in [5.74, 6) is 1.03. The van der Waals surface area contributed by atoms with Crippen LogP contribution in [0.4, 0.5) is 5.69 Å². The molecule has 1 aliphatic heterocycles. The Labute approximate surface area is 97.2 Å². The first kappa shape index (κ1) is 11.3. The first-order chi connectivity index (χ1) is 7.81. The van der Waals surface area contributed by atoms with Gasteiger partial charge >= 0.3 is 0 Å². The van der Waals surface area contributed by atoms with Crippen LogP contribution in [0.25, 0.3) is 0 Å².